The van der Waals surface area contributed by atoms with Crippen LogP contribution in [0.1, 0.15) is 20.8 Å². The number of rotatable bonds is 3. The molecule has 0 spiro atoms. The zero-order valence-electron chi connectivity index (χ0n) is 6.99. The summed E-state index contributed by atoms with van der Waals surface area (Å²) in [5, 5.41) is 3.39. The summed E-state index contributed by atoms with van der Waals surface area (Å²) in [5.74, 6) is 0. The van der Waals surface area contributed by atoms with Gasteiger partial charge in [0.2, 0.25) is 0 Å². The quantitative estimate of drug-likeness (QED) is 0.446. The first kappa shape index (κ1) is 9.02. The van der Waals surface area contributed by atoms with Crippen molar-refractivity contribution in [2.24, 2.45) is 0 Å². The zero-order valence-corrected chi connectivity index (χ0v) is 6.99. The van der Waals surface area contributed by atoms with Gasteiger partial charge in [0, 0.05) is 5.54 Å². The van der Waals surface area contributed by atoms with E-state index in [1.807, 2.05) is 0 Å². The van der Waals surface area contributed by atoms with Crippen LogP contribution in [0.25, 0.3) is 0 Å². The Bertz CT molecular complexity index is 65.8. The molecule has 0 fully saturated rings. The molecule has 0 aromatic rings. The zero-order chi connectivity index (χ0) is 7.33. The Kier molecular flexibility index (Phi) is 3.95. The molecule has 0 aliphatic rings. The monoisotopic (exact) mass is 126 g/mol. The fourth-order valence-electron chi connectivity index (χ4n) is 0.592. The Morgan fingerprint density at radius 3 is 2.22 bits per heavy atom. The predicted octanol–water partition coefficient (Wildman–Crippen LogP) is 1.55. The van der Waals surface area contributed by atoms with Crippen LogP contribution in [-0.2, 0) is 0 Å². The lowest BCUT2D eigenvalue weighted by Crippen LogP contribution is -2.36. The van der Waals surface area contributed by atoms with Crippen LogP contribution in [0.15, 0.2) is 0 Å². The Hall–Kier alpha value is 0.0249. The second kappa shape index (κ2) is 3.94. The van der Waals surface area contributed by atoms with Crippen LogP contribution >= 0.6 is 0 Å². The van der Waals surface area contributed by atoms with Crippen LogP contribution in [0, 0.1) is 0 Å². The summed E-state index contributed by atoms with van der Waals surface area (Å²) < 4.78 is 0. The van der Waals surface area contributed by atoms with Crippen LogP contribution in [0.4, 0.5) is 0 Å². The molecule has 1 N–H and O–H groups in total. The molecule has 0 aliphatic carbocycles. The smallest absolute Gasteiger partial charge is 0.107 e. The third-order valence-electron chi connectivity index (χ3n) is 1.09. The Morgan fingerprint density at radius 2 is 1.89 bits per heavy atom. The molecule has 1 radical (unpaired) electrons. The average Bonchev–Trinajstić information content (AvgIpc) is 1.63. The predicted molar refractivity (Wildman–Crippen MR) is 44.2 cm³/mol. The summed E-state index contributed by atoms with van der Waals surface area (Å²) in [4.78, 5) is 0. The molecular weight excluding hydrogens is 109 g/mol. The Labute approximate surface area is 59.5 Å². The van der Waals surface area contributed by atoms with E-state index in [4.69, 9.17) is 0 Å². The molecule has 2 heteroatoms. The first-order valence-electron chi connectivity index (χ1n) is 3.59. The molecule has 0 aliphatic heterocycles. The average molecular weight is 126 g/mol. The van der Waals surface area contributed by atoms with Crippen molar-refractivity contribution in [3.63, 3.8) is 0 Å². The van der Waals surface area contributed by atoms with Gasteiger partial charge in [-0.15, -0.1) is 0 Å². The van der Waals surface area contributed by atoms with Crippen molar-refractivity contribution in [1.82, 2.24) is 5.32 Å². The number of nitrogens with one attached hydrogen (secondary N) is 1. The summed E-state index contributed by atoms with van der Waals surface area (Å²) >= 11 is 0. The van der Waals surface area contributed by atoms with Crippen LogP contribution < -0.4 is 5.32 Å². The van der Waals surface area contributed by atoms with Gasteiger partial charge in [0.1, 0.15) is 7.28 Å². The van der Waals surface area contributed by atoms with E-state index in [1.54, 1.807) is 0 Å². The Balaban J connectivity index is 3.07. The van der Waals surface area contributed by atoms with Crippen molar-refractivity contribution >= 4 is 7.28 Å². The van der Waals surface area contributed by atoms with Gasteiger partial charge in [-0.3, -0.25) is 0 Å². The van der Waals surface area contributed by atoms with E-state index in [0.717, 1.165) is 12.9 Å². The van der Waals surface area contributed by atoms with Crippen LogP contribution in [0.2, 0.25) is 13.1 Å². The molecule has 0 aromatic carbocycles. The molecule has 0 atom stereocenters. The molecule has 0 bridgehead atoms. The van der Waals surface area contributed by atoms with Gasteiger partial charge in [-0.1, -0.05) is 13.1 Å². The summed E-state index contributed by atoms with van der Waals surface area (Å²) in [6, 6.07) is 0. The molecule has 0 amide bonds. The van der Waals surface area contributed by atoms with Gasteiger partial charge in [0.05, 0.1) is 0 Å². The molecule has 53 valence electrons. The summed E-state index contributed by atoms with van der Waals surface area (Å²) in [6.07, 6.45) is 1.16. The first-order chi connectivity index (χ1) is 4.06. The van der Waals surface area contributed by atoms with E-state index in [1.165, 1.54) is 0 Å². The Morgan fingerprint density at radius 1 is 1.33 bits per heavy atom. The van der Waals surface area contributed by atoms with Crippen molar-refractivity contribution in [3.05, 3.63) is 0 Å². The first-order valence-corrected chi connectivity index (χ1v) is 3.59. The third kappa shape index (κ3) is 8.02. The van der Waals surface area contributed by atoms with Gasteiger partial charge < -0.3 is 5.32 Å². The van der Waals surface area contributed by atoms with Crippen molar-refractivity contribution in [2.45, 2.75) is 39.5 Å². The number of hydrogen-bond donors (Lipinski definition) is 1. The van der Waals surface area contributed by atoms with Gasteiger partial charge in [-0.25, -0.2) is 0 Å². The minimum Gasteiger partial charge on any atom is -0.313 e. The van der Waals surface area contributed by atoms with Crippen LogP contribution in [-0.4, -0.2) is 19.4 Å². The fraction of sp³-hybridized carbons (Fsp3) is 1.00. The molecule has 0 saturated carbocycles. The molecular formula is C7H17BN. The van der Waals surface area contributed by atoms with Crippen molar-refractivity contribution in [1.29, 1.82) is 0 Å². The maximum absolute atomic E-state index is 3.39. The van der Waals surface area contributed by atoms with E-state index in [0.29, 0.717) is 0 Å². The highest BCUT2D eigenvalue weighted by Gasteiger charge is 2.06. The van der Waals surface area contributed by atoms with Crippen LogP contribution in [0.3, 0.4) is 0 Å². The second-order valence-electron chi connectivity index (χ2n) is 3.37. The molecule has 9 heavy (non-hydrogen) atoms. The molecule has 1 nitrogen and oxygen atoms in total. The molecule has 0 rings (SSSR count). The molecule has 0 saturated heterocycles. The van der Waals surface area contributed by atoms with Gasteiger partial charge >= 0.3 is 0 Å². The summed E-state index contributed by atoms with van der Waals surface area (Å²) in [5.41, 5.74) is 0.281. The molecule has 0 heterocycles. The SMILES string of the molecule is C[B]CCNC(C)(C)C. The summed E-state index contributed by atoms with van der Waals surface area (Å²) in [6.45, 7) is 9.73. The highest BCUT2D eigenvalue weighted by Crippen LogP contribution is 1.97. The molecule has 0 unspecified atom stereocenters. The van der Waals surface area contributed by atoms with E-state index >= 15 is 0 Å². The lowest BCUT2D eigenvalue weighted by Gasteiger charge is -2.19. The fourth-order valence-corrected chi connectivity index (χ4v) is 0.592. The van der Waals surface area contributed by atoms with Gasteiger partial charge in [0.15, 0.2) is 0 Å². The third-order valence-corrected chi connectivity index (χ3v) is 1.09. The van der Waals surface area contributed by atoms with E-state index in [9.17, 15) is 0 Å². The van der Waals surface area contributed by atoms with E-state index in [2.05, 4.69) is 40.2 Å². The summed E-state index contributed by atoms with van der Waals surface area (Å²) in [7, 11) is 2.18. The maximum atomic E-state index is 3.39. The largest absolute Gasteiger partial charge is 0.313 e. The lowest BCUT2D eigenvalue weighted by atomic mass is 9.78. The van der Waals surface area contributed by atoms with Crippen molar-refractivity contribution in [2.75, 3.05) is 6.54 Å². The van der Waals surface area contributed by atoms with Gasteiger partial charge in [0.25, 0.3) is 0 Å². The lowest BCUT2D eigenvalue weighted by molar-refractivity contribution is 0.439. The van der Waals surface area contributed by atoms with Crippen molar-refractivity contribution in [3.8, 4) is 0 Å². The molecule has 0 aromatic heterocycles. The van der Waals surface area contributed by atoms with Crippen molar-refractivity contribution < 1.29 is 0 Å². The van der Waals surface area contributed by atoms with E-state index < -0.39 is 0 Å². The highest BCUT2D eigenvalue weighted by atomic mass is 14.9. The second-order valence-corrected chi connectivity index (χ2v) is 3.37. The highest BCUT2D eigenvalue weighted by molar-refractivity contribution is 6.33. The standard InChI is InChI=1S/C7H17BN/c1-7(2,3)9-6-5-8-4/h9H,5-6H2,1-4H3. The van der Waals surface area contributed by atoms with E-state index in [-0.39, 0.29) is 5.54 Å². The normalized spacial score (nSPS) is 11.6. The van der Waals surface area contributed by atoms with Gasteiger partial charge in [-0.2, -0.15) is 0 Å². The number of hydrogen-bond acceptors (Lipinski definition) is 1. The minimum absolute atomic E-state index is 0.281. The maximum Gasteiger partial charge on any atom is 0.107 e. The minimum atomic E-state index is 0.281. The topological polar surface area (TPSA) is 12.0 Å². The van der Waals surface area contributed by atoms with Gasteiger partial charge in [-0.05, 0) is 27.3 Å². The van der Waals surface area contributed by atoms with Crippen LogP contribution in [0.5, 0.6) is 0 Å².